The van der Waals surface area contributed by atoms with Crippen molar-refractivity contribution in [3.8, 4) is 22.9 Å². The molecule has 0 unspecified atom stereocenters. The Kier molecular flexibility index (Phi) is 5.67. The molecule has 0 spiro atoms. The second kappa shape index (κ2) is 8.32. The molecule has 3 rings (SSSR count). The molecule has 27 heavy (non-hydrogen) atoms. The van der Waals surface area contributed by atoms with Crippen molar-refractivity contribution in [2.24, 2.45) is 5.73 Å². The minimum atomic E-state index is -0.555. The van der Waals surface area contributed by atoms with Gasteiger partial charge in [-0.2, -0.15) is 5.10 Å². The number of nitrogens with zero attached hydrogens (tertiary/aromatic N) is 3. The van der Waals surface area contributed by atoms with Crippen molar-refractivity contribution in [3.63, 3.8) is 0 Å². The number of nitrogens with one attached hydrogen (secondary N) is 2. The molecule has 0 radical (unpaired) electrons. The summed E-state index contributed by atoms with van der Waals surface area (Å²) in [5.74, 6) is 1.04. The molecule has 3 aromatic rings. The maximum atomic E-state index is 10.9. The summed E-state index contributed by atoms with van der Waals surface area (Å²) in [6.45, 7) is 0.242. The van der Waals surface area contributed by atoms with E-state index < -0.39 is 5.91 Å². The molecule has 0 aliphatic rings. The van der Waals surface area contributed by atoms with Crippen LogP contribution in [0.25, 0.3) is 11.4 Å². The Hall–Kier alpha value is -3.40. The summed E-state index contributed by atoms with van der Waals surface area (Å²) in [5.41, 5.74) is 10.1. The molecular formula is C17H18N6O3S. The summed E-state index contributed by atoms with van der Waals surface area (Å²) in [5, 5.41) is 7.03. The molecule has 0 aliphatic heterocycles. The van der Waals surface area contributed by atoms with Gasteiger partial charge in [0.25, 0.3) is 5.91 Å². The number of benzene rings is 1. The molecule has 0 atom stereocenters. The Bertz CT molecular complexity index is 986. The number of nitrogens with two attached hydrogens (primary N) is 1. The highest BCUT2D eigenvalue weighted by Gasteiger charge is 2.10. The molecule has 2 aromatic heterocycles. The zero-order valence-corrected chi connectivity index (χ0v) is 15.3. The van der Waals surface area contributed by atoms with Crippen LogP contribution in [-0.4, -0.2) is 39.5 Å². The summed E-state index contributed by atoms with van der Waals surface area (Å²) >= 11 is 5.29. The fourth-order valence-corrected chi connectivity index (χ4v) is 2.60. The molecule has 0 saturated heterocycles. The third-order valence-electron chi connectivity index (χ3n) is 3.65. The van der Waals surface area contributed by atoms with E-state index in [1.165, 1.54) is 7.11 Å². The Balaban J connectivity index is 1.77. The largest absolute Gasteiger partial charge is 0.493 e. The monoisotopic (exact) mass is 386 g/mol. The topological polar surface area (TPSA) is 120 Å². The molecule has 0 fully saturated rings. The highest BCUT2D eigenvalue weighted by atomic mass is 32.1. The zero-order valence-electron chi connectivity index (χ0n) is 14.5. The number of H-pyrrole nitrogens is 1. The van der Waals surface area contributed by atoms with Gasteiger partial charge in [0, 0.05) is 18.0 Å². The first-order valence-electron chi connectivity index (χ1n) is 7.98. The Morgan fingerprint density at radius 1 is 1.30 bits per heavy atom. The van der Waals surface area contributed by atoms with Crippen molar-refractivity contribution in [1.82, 2.24) is 19.9 Å². The molecule has 0 bridgehead atoms. The van der Waals surface area contributed by atoms with Crippen LogP contribution in [0, 0.1) is 4.77 Å². The number of aromatic nitrogens is 4. The van der Waals surface area contributed by atoms with Crippen LogP contribution in [0.5, 0.6) is 11.5 Å². The van der Waals surface area contributed by atoms with E-state index in [-0.39, 0.29) is 6.61 Å². The lowest BCUT2D eigenvalue weighted by molar-refractivity contribution is -0.119. The molecule has 140 valence electrons. The predicted molar refractivity (Wildman–Crippen MR) is 101 cm³/mol. The number of amides is 1. The molecule has 10 heteroatoms. The van der Waals surface area contributed by atoms with Crippen LogP contribution in [0.15, 0.2) is 42.7 Å². The maximum Gasteiger partial charge on any atom is 0.255 e. The second-order valence-electron chi connectivity index (χ2n) is 5.50. The average molecular weight is 386 g/mol. The number of hydrogen-bond acceptors (Lipinski definition) is 7. The van der Waals surface area contributed by atoms with Crippen molar-refractivity contribution in [1.29, 1.82) is 0 Å². The van der Waals surface area contributed by atoms with Crippen molar-refractivity contribution >= 4 is 18.1 Å². The molecule has 1 amide bonds. The first kappa shape index (κ1) is 18.4. The number of rotatable bonds is 8. The maximum absolute atomic E-state index is 10.9. The summed E-state index contributed by atoms with van der Waals surface area (Å²) in [4.78, 5) is 14.9. The van der Waals surface area contributed by atoms with Gasteiger partial charge >= 0.3 is 0 Å². The first-order valence-corrected chi connectivity index (χ1v) is 8.39. The number of aromatic amines is 1. The van der Waals surface area contributed by atoms with Crippen LogP contribution in [0.3, 0.4) is 0 Å². The number of carbonyl (C=O) groups is 1. The van der Waals surface area contributed by atoms with E-state index in [9.17, 15) is 4.79 Å². The van der Waals surface area contributed by atoms with E-state index in [2.05, 4.69) is 20.6 Å². The van der Waals surface area contributed by atoms with Gasteiger partial charge in [-0.25, -0.2) is 9.77 Å². The fraction of sp³-hybridized carbons (Fsp3) is 0.176. The van der Waals surface area contributed by atoms with Crippen molar-refractivity contribution in [3.05, 3.63) is 53.1 Å². The normalized spacial score (nSPS) is 10.4. The van der Waals surface area contributed by atoms with Crippen molar-refractivity contribution < 1.29 is 14.3 Å². The van der Waals surface area contributed by atoms with Crippen molar-refractivity contribution in [2.45, 2.75) is 6.54 Å². The summed E-state index contributed by atoms with van der Waals surface area (Å²) < 4.78 is 12.8. The lowest BCUT2D eigenvalue weighted by Crippen LogP contribution is -2.20. The van der Waals surface area contributed by atoms with Gasteiger partial charge in [-0.1, -0.05) is 6.07 Å². The van der Waals surface area contributed by atoms with E-state index in [1.807, 2.05) is 18.2 Å². The average Bonchev–Trinajstić information content (AvgIpc) is 3.06. The Morgan fingerprint density at radius 2 is 2.07 bits per heavy atom. The first-order chi connectivity index (χ1) is 13.1. The number of pyridine rings is 1. The predicted octanol–water partition coefficient (Wildman–Crippen LogP) is 1.62. The van der Waals surface area contributed by atoms with Crippen LogP contribution < -0.4 is 20.6 Å². The molecule has 0 aliphatic carbocycles. The van der Waals surface area contributed by atoms with E-state index in [4.69, 9.17) is 27.4 Å². The van der Waals surface area contributed by atoms with Crippen LogP contribution in [0.2, 0.25) is 0 Å². The number of carbonyl (C=O) groups excluding carboxylic acids is 1. The van der Waals surface area contributed by atoms with Gasteiger partial charge in [-0.05, 0) is 42.0 Å². The molecule has 2 heterocycles. The molecule has 0 saturated carbocycles. The van der Waals surface area contributed by atoms with Gasteiger partial charge in [0.2, 0.25) is 4.77 Å². The van der Waals surface area contributed by atoms with Crippen LogP contribution in [0.4, 0.5) is 0 Å². The molecular weight excluding hydrogens is 368 g/mol. The highest BCUT2D eigenvalue weighted by Crippen LogP contribution is 2.28. The van der Waals surface area contributed by atoms with Gasteiger partial charge in [0.15, 0.2) is 23.9 Å². The standard InChI is InChI=1S/C17H18N6O3S/c1-25-14-8-11(2-3-13(14)26-10-15(18)24)9-20-23-16(21-22-17(23)27)12-4-6-19-7-5-12/h2-8,20H,9-10H2,1H3,(H2,18,24)(H,22,27). The van der Waals surface area contributed by atoms with E-state index in [0.29, 0.717) is 28.6 Å². The smallest absolute Gasteiger partial charge is 0.255 e. The van der Waals surface area contributed by atoms with Gasteiger partial charge in [-0.3, -0.25) is 9.78 Å². The van der Waals surface area contributed by atoms with Crippen LogP contribution in [-0.2, 0) is 11.3 Å². The lowest BCUT2D eigenvalue weighted by Gasteiger charge is -2.13. The van der Waals surface area contributed by atoms with Crippen LogP contribution in [0.1, 0.15) is 5.56 Å². The third-order valence-corrected chi connectivity index (χ3v) is 3.92. The molecule has 1 aromatic carbocycles. The number of ether oxygens (including phenoxy) is 2. The second-order valence-corrected chi connectivity index (χ2v) is 5.89. The van der Waals surface area contributed by atoms with Gasteiger partial charge in [0.05, 0.1) is 13.7 Å². The lowest BCUT2D eigenvalue weighted by atomic mass is 10.2. The highest BCUT2D eigenvalue weighted by molar-refractivity contribution is 7.71. The van der Waals surface area contributed by atoms with E-state index in [0.717, 1.165) is 11.1 Å². The molecule has 9 nitrogen and oxygen atoms in total. The van der Waals surface area contributed by atoms with E-state index in [1.54, 1.807) is 29.2 Å². The SMILES string of the molecule is COc1cc(CNn2c(-c3ccncc3)n[nH]c2=S)ccc1OCC(N)=O. The summed E-state index contributed by atoms with van der Waals surface area (Å²) in [6, 6.07) is 9.06. The Morgan fingerprint density at radius 3 is 2.78 bits per heavy atom. The number of primary amides is 1. The number of hydrogen-bond donors (Lipinski definition) is 3. The third kappa shape index (κ3) is 4.42. The zero-order chi connectivity index (χ0) is 19.2. The quantitative estimate of drug-likeness (QED) is 0.503. The summed E-state index contributed by atoms with van der Waals surface area (Å²) in [7, 11) is 1.53. The fourth-order valence-electron chi connectivity index (χ4n) is 2.40. The Labute approximate surface area is 160 Å². The number of methoxy groups -OCH3 is 1. The van der Waals surface area contributed by atoms with E-state index >= 15 is 0 Å². The minimum Gasteiger partial charge on any atom is -0.493 e. The van der Waals surface area contributed by atoms with Gasteiger partial charge in [-0.15, -0.1) is 0 Å². The molecule has 4 N–H and O–H groups in total. The van der Waals surface area contributed by atoms with Gasteiger partial charge in [0.1, 0.15) is 0 Å². The minimum absolute atomic E-state index is 0.215. The van der Waals surface area contributed by atoms with Gasteiger partial charge < -0.3 is 20.6 Å². The van der Waals surface area contributed by atoms with Crippen molar-refractivity contribution in [2.75, 3.05) is 19.1 Å². The van der Waals surface area contributed by atoms with Crippen LogP contribution >= 0.6 is 12.2 Å². The summed E-state index contributed by atoms with van der Waals surface area (Å²) in [6.07, 6.45) is 3.38.